The smallest absolute Gasteiger partial charge is 0.277 e. The summed E-state index contributed by atoms with van der Waals surface area (Å²) in [5.74, 6) is 1.12. The van der Waals surface area contributed by atoms with Crippen molar-refractivity contribution in [2.24, 2.45) is 5.92 Å². The molecule has 1 aliphatic heterocycles. The number of aromatic nitrogens is 2. The van der Waals surface area contributed by atoms with E-state index in [0.29, 0.717) is 37.0 Å². The Morgan fingerprint density at radius 1 is 1.30 bits per heavy atom. The first-order chi connectivity index (χ1) is 12.9. The van der Waals surface area contributed by atoms with Crippen LogP contribution in [0.5, 0.6) is 0 Å². The summed E-state index contributed by atoms with van der Waals surface area (Å²) in [5, 5.41) is 8.29. The van der Waals surface area contributed by atoms with E-state index in [4.69, 9.17) is 4.42 Å². The predicted octanol–water partition coefficient (Wildman–Crippen LogP) is 2.19. The molecule has 2 heterocycles. The molecule has 27 heavy (non-hydrogen) atoms. The molecule has 1 aromatic carbocycles. The molecule has 0 aliphatic carbocycles. The van der Waals surface area contributed by atoms with Gasteiger partial charge in [-0.25, -0.2) is 8.42 Å². The zero-order chi connectivity index (χ0) is 19.3. The van der Waals surface area contributed by atoms with E-state index in [0.717, 1.165) is 5.56 Å². The number of thioether (sulfide) groups is 1. The molecule has 1 aliphatic rings. The predicted molar refractivity (Wildman–Crippen MR) is 103 cm³/mol. The number of hydrogen-bond donors (Lipinski definition) is 0. The van der Waals surface area contributed by atoms with E-state index >= 15 is 0 Å². The molecule has 1 saturated heterocycles. The van der Waals surface area contributed by atoms with E-state index in [-0.39, 0.29) is 29.1 Å². The summed E-state index contributed by atoms with van der Waals surface area (Å²) in [7, 11) is -2.91. The second kappa shape index (κ2) is 8.88. The lowest BCUT2D eigenvalue weighted by Crippen LogP contribution is -2.31. The molecule has 7 nitrogen and oxygen atoms in total. The lowest BCUT2D eigenvalue weighted by atomic mass is 10.1. The van der Waals surface area contributed by atoms with Crippen LogP contribution in [0.25, 0.3) is 0 Å². The second-order valence-electron chi connectivity index (χ2n) is 6.62. The molecule has 1 amide bonds. The van der Waals surface area contributed by atoms with Crippen LogP contribution in [0.4, 0.5) is 0 Å². The molecular weight excluding hydrogens is 386 g/mol. The van der Waals surface area contributed by atoms with Crippen molar-refractivity contribution in [1.29, 1.82) is 0 Å². The van der Waals surface area contributed by atoms with Crippen LogP contribution in [0.1, 0.15) is 24.8 Å². The minimum absolute atomic E-state index is 0.00740. The molecule has 0 saturated carbocycles. The molecular formula is C18H23N3O4S2. The number of hydrogen-bond acceptors (Lipinski definition) is 7. The van der Waals surface area contributed by atoms with Gasteiger partial charge in [-0.1, -0.05) is 42.1 Å². The van der Waals surface area contributed by atoms with Crippen molar-refractivity contribution >= 4 is 27.5 Å². The first-order valence-corrected chi connectivity index (χ1v) is 11.7. The monoisotopic (exact) mass is 409 g/mol. The van der Waals surface area contributed by atoms with Crippen LogP contribution in [0.15, 0.2) is 40.0 Å². The molecule has 0 N–H and O–H groups in total. The summed E-state index contributed by atoms with van der Waals surface area (Å²) in [6.45, 7) is 3.15. The average Bonchev–Trinajstić information content (AvgIpc) is 3.24. The van der Waals surface area contributed by atoms with Gasteiger partial charge in [0.1, 0.15) is 0 Å². The minimum atomic E-state index is -2.91. The van der Waals surface area contributed by atoms with Crippen LogP contribution in [0.2, 0.25) is 0 Å². The topological polar surface area (TPSA) is 93.4 Å². The van der Waals surface area contributed by atoms with Crippen molar-refractivity contribution in [3.63, 3.8) is 0 Å². The summed E-state index contributed by atoms with van der Waals surface area (Å²) < 4.78 is 28.6. The average molecular weight is 410 g/mol. The summed E-state index contributed by atoms with van der Waals surface area (Å²) in [5.41, 5.74) is 1.09. The second-order valence-corrected chi connectivity index (χ2v) is 9.77. The fraction of sp³-hybridized carbons (Fsp3) is 0.500. The summed E-state index contributed by atoms with van der Waals surface area (Å²) in [6, 6.07) is 9.86. The first kappa shape index (κ1) is 19.9. The van der Waals surface area contributed by atoms with E-state index < -0.39 is 9.84 Å². The van der Waals surface area contributed by atoms with Crippen LogP contribution in [0, 0.1) is 5.92 Å². The summed E-state index contributed by atoms with van der Waals surface area (Å²) in [6.07, 6.45) is 1.10. The van der Waals surface area contributed by atoms with E-state index in [1.54, 1.807) is 4.90 Å². The third-order valence-electron chi connectivity index (χ3n) is 4.51. The van der Waals surface area contributed by atoms with Crippen LogP contribution in [-0.4, -0.2) is 53.2 Å². The molecule has 3 rings (SSSR count). The van der Waals surface area contributed by atoms with Gasteiger partial charge in [0.25, 0.3) is 5.22 Å². The van der Waals surface area contributed by atoms with Crippen molar-refractivity contribution < 1.29 is 17.6 Å². The Bertz CT molecular complexity index is 868. The number of sulfone groups is 1. The Hall–Kier alpha value is -1.87. The highest BCUT2D eigenvalue weighted by Gasteiger charge is 2.29. The van der Waals surface area contributed by atoms with Crippen molar-refractivity contribution in [3.05, 3.63) is 41.8 Å². The standard InChI is InChI=1S/C18H23N3O4S2/c1-2-21(11-14-6-4-3-5-7-14)17(22)12-26-18-20-19-16(25-18)10-15-8-9-27(23,24)13-15/h3-7,15H,2,8-13H2,1H3. The molecule has 1 atom stereocenters. The van der Waals surface area contributed by atoms with Crippen molar-refractivity contribution in [3.8, 4) is 0 Å². The highest BCUT2D eigenvalue weighted by molar-refractivity contribution is 7.99. The maximum absolute atomic E-state index is 12.5. The van der Waals surface area contributed by atoms with Gasteiger partial charge < -0.3 is 9.32 Å². The maximum Gasteiger partial charge on any atom is 0.277 e. The Morgan fingerprint density at radius 2 is 2.07 bits per heavy atom. The molecule has 2 aromatic rings. The van der Waals surface area contributed by atoms with Crippen molar-refractivity contribution in [1.82, 2.24) is 15.1 Å². The number of benzene rings is 1. The number of rotatable bonds is 8. The van der Waals surface area contributed by atoms with Gasteiger partial charge in [0, 0.05) is 19.5 Å². The van der Waals surface area contributed by atoms with Gasteiger partial charge in [-0.2, -0.15) is 0 Å². The van der Waals surface area contributed by atoms with Gasteiger partial charge in [0.2, 0.25) is 11.8 Å². The van der Waals surface area contributed by atoms with E-state index in [9.17, 15) is 13.2 Å². The van der Waals surface area contributed by atoms with Gasteiger partial charge in [-0.15, -0.1) is 10.2 Å². The number of carbonyl (C=O) groups excluding carboxylic acids is 1. The molecule has 9 heteroatoms. The van der Waals surface area contributed by atoms with Gasteiger partial charge in [-0.05, 0) is 24.8 Å². The van der Waals surface area contributed by atoms with E-state index in [2.05, 4.69) is 10.2 Å². The summed E-state index contributed by atoms with van der Waals surface area (Å²) in [4.78, 5) is 14.2. The fourth-order valence-electron chi connectivity index (χ4n) is 3.05. The molecule has 0 bridgehead atoms. The minimum Gasteiger partial charge on any atom is -0.416 e. The number of amides is 1. The van der Waals surface area contributed by atoms with Crippen molar-refractivity contribution in [2.75, 3.05) is 23.8 Å². The molecule has 0 spiro atoms. The van der Waals surface area contributed by atoms with E-state index in [1.165, 1.54) is 11.8 Å². The molecule has 1 unspecified atom stereocenters. The van der Waals surface area contributed by atoms with E-state index in [1.807, 2.05) is 37.3 Å². The molecule has 1 fully saturated rings. The molecule has 0 radical (unpaired) electrons. The molecule has 1 aromatic heterocycles. The Labute approximate surface area is 163 Å². The fourth-order valence-corrected chi connectivity index (χ4v) is 5.60. The van der Waals surface area contributed by atoms with Crippen molar-refractivity contribution in [2.45, 2.75) is 31.5 Å². The lowest BCUT2D eigenvalue weighted by Gasteiger charge is -2.20. The largest absolute Gasteiger partial charge is 0.416 e. The van der Waals surface area contributed by atoms with Gasteiger partial charge in [-0.3, -0.25) is 4.79 Å². The van der Waals surface area contributed by atoms with Gasteiger partial charge in [0.05, 0.1) is 17.3 Å². The quantitative estimate of drug-likeness (QED) is 0.617. The SMILES string of the molecule is CCN(Cc1ccccc1)C(=O)CSc1nnc(CC2CCS(=O)(=O)C2)o1. The third-order valence-corrected chi connectivity index (χ3v) is 7.15. The third kappa shape index (κ3) is 5.80. The number of carbonyl (C=O) groups is 1. The zero-order valence-electron chi connectivity index (χ0n) is 15.2. The van der Waals surface area contributed by atoms with Crippen LogP contribution < -0.4 is 0 Å². The normalized spacial score (nSPS) is 18.5. The first-order valence-electron chi connectivity index (χ1n) is 8.92. The highest BCUT2D eigenvalue weighted by Crippen LogP contribution is 2.24. The highest BCUT2D eigenvalue weighted by atomic mass is 32.2. The maximum atomic E-state index is 12.5. The number of nitrogens with zero attached hydrogens (tertiary/aromatic N) is 3. The summed E-state index contributed by atoms with van der Waals surface area (Å²) >= 11 is 1.21. The Balaban J connectivity index is 1.49. The Morgan fingerprint density at radius 3 is 2.74 bits per heavy atom. The van der Waals surface area contributed by atoms with Crippen LogP contribution in [0.3, 0.4) is 0 Å². The molecule has 146 valence electrons. The van der Waals surface area contributed by atoms with Gasteiger partial charge >= 0.3 is 0 Å². The zero-order valence-corrected chi connectivity index (χ0v) is 16.8. The van der Waals surface area contributed by atoms with Gasteiger partial charge in [0.15, 0.2) is 9.84 Å². The van der Waals surface area contributed by atoms with Crippen LogP contribution in [-0.2, 0) is 27.6 Å². The Kier molecular flexibility index (Phi) is 6.54. The van der Waals surface area contributed by atoms with Crippen LogP contribution >= 0.6 is 11.8 Å². The lowest BCUT2D eigenvalue weighted by molar-refractivity contribution is -0.128.